The molecule has 5 nitrogen and oxygen atoms in total. The molecule has 1 aliphatic heterocycles. The Kier molecular flexibility index (Phi) is 4.71. The summed E-state index contributed by atoms with van der Waals surface area (Å²) in [6.07, 6.45) is 0. The summed E-state index contributed by atoms with van der Waals surface area (Å²) in [5.74, 6) is 1.16. The largest absolute Gasteiger partial charge is 0.340 e. The second kappa shape index (κ2) is 6.91. The first-order valence-electron chi connectivity index (χ1n) is 7.99. The summed E-state index contributed by atoms with van der Waals surface area (Å²) in [6, 6.07) is 8.25. The van der Waals surface area contributed by atoms with Crippen molar-refractivity contribution in [2.75, 3.05) is 42.9 Å². The molecule has 2 heterocycles. The van der Waals surface area contributed by atoms with E-state index in [1.165, 1.54) is 12.1 Å². The third-order valence-corrected chi connectivity index (χ3v) is 4.04. The molecule has 1 aromatic heterocycles. The van der Waals surface area contributed by atoms with Crippen LogP contribution in [0.4, 0.5) is 21.8 Å². The first-order chi connectivity index (χ1) is 11.1. The summed E-state index contributed by atoms with van der Waals surface area (Å²) >= 11 is 0. The van der Waals surface area contributed by atoms with E-state index in [1.54, 1.807) is 6.07 Å². The highest BCUT2D eigenvalue weighted by Crippen LogP contribution is 2.20. The van der Waals surface area contributed by atoms with Gasteiger partial charge in [-0.2, -0.15) is 4.98 Å². The van der Waals surface area contributed by atoms with Crippen LogP contribution in [-0.2, 0) is 0 Å². The first-order valence-corrected chi connectivity index (χ1v) is 7.99. The van der Waals surface area contributed by atoms with Crippen LogP contribution in [0.1, 0.15) is 12.6 Å². The molecule has 3 rings (SSSR count). The van der Waals surface area contributed by atoms with Crippen LogP contribution in [-0.4, -0.2) is 47.6 Å². The van der Waals surface area contributed by atoms with Crippen molar-refractivity contribution in [3.8, 4) is 0 Å². The summed E-state index contributed by atoms with van der Waals surface area (Å²) in [6.45, 7) is 9.12. The molecular formula is C17H22FN5. The van der Waals surface area contributed by atoms with Crippen molar-refractivity contribution in [1.29, 1.82) is 0 Å². The number of hydrogen-bond acceptors (Lipinski definition) is 5. The van der Waals surface area contributed by atoms with Crippen LogP contribution in [0.2, 0.25) is 0 Å². The Labute approximate surface area is 136 Å². The number of likely N-dealkylation sites (N-methyl/N-ethyl adjacent to an activating group) is 1. The fraction of sp³-hybridized carbons (Fsp3) is 0.412. The minimum absolute atomic E-state index is 0.267. The molecule has 1 saturated heterocycles. The van der Waals surface area contributed by atoms with Gasteiger partial charge in [-0.25, -0.2) is 9.37 Å². The monoisotopic (exact) mass is 315 g/mol. The standard InChI is InChI=1S/C17H22FN5/c1-3-22-7-9-23(10-8-22)17-19-13(2)11-16(21-17)20-15-6-4-5-14(18)12-15/h4-6,11-12H,3,7-10H2,1-2H3,(H,19,20,21). The highest BCUT2D eigenvalue weighted by molar-refractivity contribution is 5.57. The van der Waals surface area contributed by atoms with Gasteiger partial charge in [-0.15, -0.1) is 0 Å². The van der Waals surface area contributed by atoms with E-state index in [-0.39, 0.29) is 5.82 Å². The second-order valence-corrected chi connectivity index (χ2v) is 5.75. The van der Waals surface area contributed by atoms with E-state index in [4.69, 9.17) is 0 Å². The Morgan fingerprint density at radius 2 is 1.91 bits per heavy atom. The van der Waals surface area contributed by atoms with Crippen molar-refractivity contribution in [3.05, 3.63) is 41.8 Å². The van der Waals surface area contributed by atoms with Crippen molar-refractivity contribution in [1.82, 2.24) is 14.9 Å². The molecule has 0 bridgehead atoms. The summed E-state index contributed by atoms with van der Waals surface area (Å²) in [5.41, 5.74) is 1.58. The van der Waals surface area contributed by atoms with Gasteiger partial charge in [0.05, 0.1) is 0 Å². The van der Waals surface area contributed by atoms with Crippen LogP contribution in [0.15, 0.2) is 30.3 Å². The quantitative estimate of drug-likeness (QED) is 0.940. The van der Waals surface area contributed by atoms with Crippen molar-refractivity contribution < 1.29 is 4.39 Å². The normalized spacial score (nSPS) is 15.7. The lowest BCUT2D eigenvalue weighted by molar-refractivity contribution is 0.270. The van der Waals surface area contributed by atoms with E-state index in [0.29, 0.717) is 11.5 Å². The van der Waals surface area contributed by atoms with Gasteiger partial charge in [0, 0.05) is 43.6 Å². The smallest absolute Gasteiger partial charge is 0.227 e. The predicted octanol–water partition coefficient (Wildman–Crippen LogP) is 2.81. The summed E-state index contributed by atoms with van der Waals surface area (Å²) in [5, 5.41) is 3.16. The lowest BCUT2D eigenvalue weighted by Crippen LogP contribution is -2.46. The van der Waals surface area contributed by atoms with Gasteiger partial charge in [-0.05, 0) is 31.7 Å². The van der Waals surface area contributed by atoms with E-state index >= 15 is 0 Å². The van der Waals surface area contributed by atoms with Gasteiger partial charge >= 0.3 is 0 Å². The molecule has 0 saturated carbocycles. The maximum atomic E-state index is 13.3. The number of aromatic nitrogens is 2. The minimum atomic E-state index is -0.267. The van der Waals surface area contributed by atoms with Crippen LogP contribution >= 0.6 is 0 Å². The highest BCUT2D eigenvalue weighted by atomic mass is 19.1. The molecule has 23 heavy (non-hydrogen) atoms. The molecule has 122 valence electrons. The van der Waals surface area contributed by atoms with E-state index in [2.05, 4.69) is 32.0 Å². The molecule has 0 spiro atoms. The van der Waals surface area contributed by atoms with Crippen LogP contribution in [0.3, 0.4) is 0 Å². The molecule has 0 atom stereocenters. The van der Waals surface area contributed by atoms with Crippen molar-refractivity contribution in [2.45, 2.75) is 13.8 Å². The number of anilines is 3. The first kappa shape index (κ1) is 15.7. The van der Waals surface area contributed by atoms with Crippen LogP contribution in [0.5, 0.6) is 0 Å². The lowest BCUT2D eigenvalue weighted by atomic mass is 10.3. The van der Waals surface area contributed by atoms with Gasteiger partial charge < -0.3 is 15.1 Å². The van der Waals surface area contributed by atoms with Gasteiger partial charge in [-0.3, -0.25) is 0 Å². The zero-order chi connectivity index (χ0) is 16.2. The van der Waals surface area contributed by atoms with E-state index in [0.717, 1.165) is 44.4 Å². The average Bonchev–Trinajstić information content (AvgIpc) is 2.54. The van der Waals surface area contributed by atoms with Crippen LogP contribution in [0, 0.1) is 12.7 Å². The Morgan fingerprint density at radius 3 is 2.61 bits per heavy atom. The minimum Gasteiger partial charge on any atom is -0.340 e. The number of aryl methyl sites for hydroxylation is 1. The Hall–Kier alpha value is -2.21. The molecule has 0 amide bonds. The van der Waals surface area contributed by atoms with Gasteiger partial charge in [0.25, 0.3) is 0 Å². The number of hydrogen-bond donors (Lipinski definition) is 1. The molecule has 0 unspecified atom stereocenters. The average molecular weight is 315 g/mol. The Morgan fingerprint density at radius 1 is 1.13 bits per heavy atom. The van der Waals surface area contributed by atoms with Gasteiger partial charge in [0.1, 0.15) is 11.6 Å². The number of benzene rings is 1. The predicted molar refractivity (Wildman–Crippen MR) is 90.8 cm³/mol. The van der Waals surface area contributed by atoms with Gasteiger partial charge in [0.15, 0.2) is 0 Å². The molecular weight excluding hydrogens is 293 g/mol. The molecule has 1 fully saturated rings. The van der Waals surface area contributed by atoms with Crippen molar-refractivity contribution in [2.24, 2.45) is 0 Å². The third kappa shape index (κ3) is 3.96. The molecule has 6 heteroatoms. The van der Waals surface area contributed by atoms with E-state index in [1.807, 2.05) is 19.1 Å². The van der Waals surface area contributed by atoms with E-state index in [9.17, 15) is 4.39 Å². The molecule has 0 radical (unpaired) electrons. The Balaban J connectivity index is 1.77. The lowest BCUT2D eigenvalue weighted by Gasteiger charge is -2.34. The maximum absolute atomic E-state index is 13.3. The molecule has 0 aliphatic carbocycles. The number of piperazine rings is 1. The Bertz CT molecular complexity index is 668. The summed E-state index contributed by atoms with van der Waals surface area (Å²) in [7, 11) is 0. The van der Waals surface area contributed by atoms with Crippen LogP contribution < -0.4 is 10.2 Å². The van der Waals surface area contributed by atoms with Gasteiger partial charge in [0.2, 0.25) is 5.95 Å². The van der Waals surface area contributed by atoms with Gasteiger partial charge in [-0.1, -0.05) is 13.0 Å². The maximum Gasteiger partial charge on any atom is 0.227 e. The van der Waals surface area contributed by atoms with Crippen molar-refractivity contribution >= 4 is 17.5 Å². The second-order valence-electron chi connectivity index (χ2n) is 5.75. The summed E-state index contributed by atoms with van der Waals surface area (Å²) < 4.78 is 13.3. The highest BCUT2D eigenvalue weighted by Gasteiger charge is 2.18. The zero-order valence-corrected chi connectivity index (χ0v) is 13.6. The summed E-state index contributed by atoms with van der Waals surface area (Å²) in [4.78, 5) is 13.8. The topological polar surface area (TPSA) is 44.3 Å². The fourth-order valence-corrected chi connectivity index (χ4v) is 2.74. The molecule has 1 aromatic carbocycles. The SMILES string of the molecule is CCN1CCN(c2nc(C)cc(Nc3cccc(F)c3)n2)CC1. The molecule has 1 aliphatic rings. The number of nitrogens with one attached hydrogen (secondary N) is 1. The van der Waals surface area contributed by atoms with Crippen LogP contribution in [0.25, 0.3) is 0 Å². The number of nitrogens with zero attached hydrogens (tertiary/aromatic N) is 4. The van der Waals surface area contributed by atoms with E-state index < -0.39 is 0 Å². The number of halogens is 1. The fourth-order valence-electron chi connectivity index (χ4n) is 2.74. The zero-order valence-electron chi connectivity index (χ0n) is 13.6. The molecule has 1 N–H and O–H groups in total. The van der Waals surface area contributed by atoms with Crippen molar-refractivity contribution in [3.63, 3.8) is 0 Å². The molecule has 2 aromatic rings. The number of rotatable bonds is 4. The third-order valence-electron chi connectivity index (χ3n) is 4.04.